The molecule has 1 heterocycles. The van der Waals surface area contributed by atoms with Crippen molar-refractivity contribution in [1.82, 2.24) is 10.2 Å². The SMILES string of the molecule is COc1ccc(C(=O)N[C@@H]2CCC[C@@H]2C(=O)N2CCOCC2)cc1. The Morgan fingerprint density at radius 2 is 1.88 bits per heavy atom. The van der Waals surface area contributed by atoms with Crippen molar-refractivity contribution < 1.29 is 19.1 Å². The summed E-state index contributed by atoms with van der Waals surface area (Å²) in [4.78, 5) is 27.0. The molecule has 2 aliphatic rings. The summed E-state index contributed by atoms with van der Waals surface area (Å²) >= 11 is 0. The average molecular weight is 332 g/mol. The summed E-state index contributed by atoms with van der Waals surface area (Å²) in [7, 11) is 1.59. The van der Waals surface area contributed by atoms with E-state index in [1.807, 2.05) is 4.90 Å². The van der Waals surface area contributed by atoms with Gasteiger partial charge < -0.3 is 19.7 Å². The fourth-order valence-electron chi connectivity index (χ4n) is 3.44. The summed E-state index contributed by atoms with van der Waals surface area (Å²) in [5.41, 5.74) is 0.584. The van der Waals surface area contributed by atoms with E-state index < -0.39 is 0 Å². The minimum absolute atomic E-state index is 0.0880. The van der Waals surface area contributed by atoms with Crippen LogP contribution in [0, 0.1) is 5.92 Å². The van der Waals surface area contributed by atoms with E-state index in [1.54, 1.807) is 31.4 Å². The number of ether oxygens (including phenoxy) is 2. The highest BCUT2D eigenvalue weighted by atomic mass is 16.5. The Bertz CT molecular complexity index is 581. The number of nitrogens with one attached hydrogen (secondary N) is 1. The van der Waals surface area contributed by atoms with Gasteiger partial charge in [0.15, 0.2) is 0 Å². The molecule has 1 aliphatic carbocycles. The van der Waals surface area contributed by atoms with Crippen LogP contribution in [-0.2, 0) is 9.53 Å². The number of methoxy groups -OCH3 is 1. The number of morpholine rings is 1. The van der Waals surface area contributed by atoms with E-state index in [0.717, 1.165) is 19.3 Å². The van der Waals surface area contributed by atoms with Crippen molar-refractivity contribution >= 4 is 11.8 Å². The summed E-state index contributed by atoms with van der Waals surface area (Å²) in [6.07, 6.45) is 2.65. The maximum Gasteiger partial charge on any atom is 0.251 e. The first-order valence-electron chi connectivity index (χ1n) is 8.50. The van der Waals surface area contributed by atoms with Gasteiger partial charge in [0.05, 0.1) is 26.2 Å². The highest BCUT2D eigenvalue weighted by Crippen LogP contribution is 2.28. The Balaban J connectivity index is 1.62. The minimum Gasteiger partial charge on any atom is -0.497 e. The van der Waals surface area contributed by atoms with E-state index in [1.165, 1.54) is 0 Å². The van der Waals surface area contributed by atoms with Gasteiger partial charge in [-0.25, -0.2) is 0 Å². The third-order valence-electron chi connectivity index (χ3n) is 4.82. The van der Waals surface area contributed by atoms with Crippen LogP contribution in [0.5, 0.6) is 5.75 Å². The molecular formula is C18H24N2O4. The fraction of sp³-hybridized carbons (Fsp3) is 0.556. The lowest BCUT2D eigenvalue weighted by Crippen LogP contribution is -2.48. The van der Waals surface area contributed by atoms with Crippen LogP contribution < -0.4 is 10.1 Å². The molecule has 0 radical (unpaired) electrons. The van der Waals surface area contributed by atoms with E-state index >= 15 is 0 Å². The number of carbonyl (C=O) groups excluding carboxylic acids is 2. The Morgan fingerprint density at radius 1 is 1.17 bits per heavy atom. The third-order valence-corrected chi connectivity index (χ3v) is 4.82. The maximum absolute atomic E-state index is 12.7. The summed E-state index contributed by atoms with van der Waals surface area (Å²) in [6.45, 7) is 2.49. The Hall–Kier alpha value is -2.08. The average Bonchev–Trinajstić information content (AvgIpc) is 3.10. The van der Waals surface area contributed by atoms with Crippen LogP contribution in [0.4, 0.5) is 0 Å². The molecule has 0 unspecified atom stereocenters. The monoisotopic (exact) mass is 332 g/mol. The van der Waals surface area contributed by atoms with E-state index in [2.05, 4.69) is 5.32 Å². The number of hydrogen-bond acceptors (Lipinski definition) is 4. The maximum atomic E-state index is 12.7. The zero-order chi connectivity index (χ0) is 16.9. The van der Waals surface area contributed by atoms with Crippen LogP contribution in [0.2, 0.25) is 0 Å². The first-order valence-corrected chi connectivity index (χ1v) is 8.50. The smallest absolute Gasteiger partial charge is 0.251 e. The molecule has 1 aromatic rings. The molecule has 2 fully saturated rings. The lowest BCUT2D eigenvalue weighted by molar-refractivity contribution is -0.140. The van der Waals surface area contributed by atoms with Crippen molar-refractivity contribution in [3.05, 3.63) is 29.8 Å². The first kappa shape index (κ1) is 16.8. The molecule has 1 saturated carbocycles. The van der Waals surface area contributed by atoms with Gasteiger partial charge in [0.1, 0.15) is 5.75 Å². The molecule has 0 spiro atoms. The van der Waals surface area contributed by atoms with Gasteiger partial charge in [-0.1, -0.05) is 6.42 Å². The Morgan fingerprint density at radius 3 is 2.54 bits per heavy atom. The zero-order valence-electron chi connectivity index (χ0n) is 14.0. The molecule has 6 nitrogen and oxygen atoms in total. The van der Waals surface area contributed by atoms with Gasteiger partial charge >= 0.3 is 0 Å². The van der Waals surface area contributed by atoms with E-state index in [-0.39, 0.29) is 23.8 Å². The minimum atomic E-state index is -0.135. The number of rotatable bonds is 4. The Labute approximate surface area is 142 Å². The van der Waals surface area contributed by atoms with Gasteiger partial charge in [0.25, 0.3) is 5.91 Å². The second-order valence-corrected chi connectivity index (χ2v) is 6.28. The summed E-state index contributed by atoms with van der Waals surface area (Å²) in [5, 5.41) is 3.04. The predicted octanol–water partition coefficient (Wildman–Crippen LogP) is 1.45. The zero-order valence-corrected chi connectivity index (χ0v) is 14.0. The van der Waals surface area contributed by atoms with Gasteiger partial charge in [-0.05, 0) is 37.1 Å². The second-order valence-electron chi connectivity index (χ2n) is 6.28. The van der Waals surface area contributed by atoms with E-state index in [0.29, 0.717) is 37.6 Å². The van der Waals surface area contributed by atoms with Crippen LogP contribution in [-0.4, -0.2) is 56.2 Å². The van der Waals surface area contributed by atoms with Gasteiger partial charge in [0.2, 0.25) is 5.91 Å². The van der Waals surface area contributed by atoms with E-state index in [4.69, 9.17) is 9.47 Å². The number of nitrogens with zero attached hydrogens (tertiary/aromatic N) is 1. The largest absolute Gasteiger partial charge is 0.497 e. The van der Waals surface area contributed by atoms with Crippen LogP contribution in [0.25, 0.3) is 0 Å². The summed E-state index contributed by atoms with van der Waals surface area (Å²) in [6, 6.07) is 6.92. The van der Waals surface area contributed by atoms with Gasteiger partial charge in [-0.15, -0.1) is 0 Å². The van der Waals surface area contributed by atoms with Crippen molar-refractivity contribution in [2.45, 2.75) is 25.3 Å². The molecule has 24 heavy (non-hydrogen) atoms. The molecule has 0 aromatic heterocycles. The second kappa shape index (κ2) is 7.66. The molecule has 130 valence electrons. The standard InChI is InChI=1S/C18H24N2O4/c1-23-14-7-5-13(6-8-14)17(21)19-16-4-2-3-15(16)18(22)20-9-11-24-12-10-20/h5-8,15-16H,2-4,9-12H2,1H3,(H,19,21)/t15-,16+/m0/s1. The van der Waals surface area contributed by atoms with Crippen molar-refractivity contribution in [3.8, 4) is 5.75 Å². The molecule has 2 atom stereocenters. The van der Waals surface area contributed by atoms with Crippen molar-refractivity contribution in [2.75, 3.05) is 33.4 Å². The van der Waals surface area contributed by atoms with Crippen molar-refractivity contribution in [1.29, 1.82) is 0 Å². The molecule has 1 saturated heterocycles. The number of amides is 2. The molecule has 0 bridgehead atoms. The highest BCUT2D eigenvalue weighted by molar-refractivity contribution is 5.95. The first-order chi connectivity index (χ1) is 11.7. The van der Waals surface area contributed by atoms with Gasteiger partial charge in [-0.2, -0.15) is 0 Å². The molecule has 3 rings (SSSR count). The van der Waals surface area contributed by atoms with Crippen molar-refractivity contribution in [3.63, 3.8) is 0 Å². The number of carbonyl (C=O) groups is 2. The Kier molecular flexibility index (Phi) is 5.35. The fourth-order valence-corrected chi connectivity index (χ4v) is 3.44. The van der Waals surface area contributed by atoms with Gasteiger partial charge in [-0.3, -0.25) is 9.59 Å². The van der Waals surface area contributed by atoms with Crippen LogP contribution >= 0.6 is 0 Å². The summed E-state index contributed by atoms with van der Waals surface area (Å²) in [5.74, 6) is 0.609. The lowest BCUT2D eigenvalue weighted by Gasteiger charge is -2.31. The van der Waals surface area contributed by atoms with Crippen molar-refractivity contribution in [2.24, 2.45) is 5.92 Å². The normalized spacial score (nSPS) is 23.8. The molecule has 1 N–H and O–H groups in total. The number of hydrogen-bond donors (Lipinski definition) is 1. The molecule has 6 heteroatoms. The summed E-state index contributed by atoms with van der Waals surface area (Å²) < 4.78 is 10.4. The molecule has 1 aromatic carbocycles. The molecule has 2 amide bonds. The van der Waals surface area contributed by atoms with E-state index in [9.17, 15) is 9.59 Å². The lowest BCUT2D eigenvalue weighted by atomic mass is 10.0. The van der Waals surface area contributed by atoms with Gasteiger partial charge in [0, 0.05) is 24.7 Å². The quantitative estimate of drug-likeness (QED) is 0.906. The molecular weight excluding hydrogens is 308 g/mol. The third kappa shape index (κ3) is 3.70. The van der Waals surface area contributed by atoms with Crippen LogP contribution in [0.1, 0.15) is 29.6 Å². The highest BCUT2D eigenvalue weighted by Gasteiger charge is 2.36. The number of benzene rings is 1. The topological polar surface area (TPSA) is 67.9 Å². The predicted molar refractivity (Wildman–Crippen MR) is 89.0 cm³/mol. The molecule has 1 aliphatic heterocycles. The van der Waals surface area contributed by atoms with Crippen LogP contribution in [0.15, 0.2) is 24.3 Å². The van der Waals surface area contributed by atoms with Crippen LogP contribution in [0.3, 0.4) is 0 Å².